The molecule has 0 aliphatic carbocycles. The van der Waals surface area contributed by atoms with Crippen molar-refractivity contribution in [3.05, 3.63) is 29.8 Å². The van der Waals surface area contributed by atoms with Gasteiger partial charge in [0.15, 0.2) is 0 Å². The van der Waals surface area contributed by atoms with Crippen LogP contribution in [0, 0.1) is 6.92 Å². The molecule has 6 heteroatoms. The number of ether oxygens (including phenoxy) is 1. The summed E-state index contributed by atoms with van der Waals surface area (Å²) in [6.45, 7) is 8.33. The predicted octanol–water partition coefficient (Wildman–Crippen LogP) is 1.08. The number of carbonyl (C=O) groups excluding carboxylic acids is 1. The number of benzene rings is 1. The van der Waals surface area contributed by atoms with E-state index in [4.69, 9.17) is 4.74 Å². The van der Waals surface area contributed by atoms with Gasteiger partial charge in [-0.2, -0.15) is 0 Å². The topological polar surface area (TPSA) is 65.0 Å². The maximum atomic E-state index is 11.7. The highest BCUT2D eigenvalue weighted by molar-refractivity contribution is 5.74. The zero-order valence-electron chi connectivity index (χ0n) is 14.0. The second-order valence-corrected chi connectivity index (χ2v) is 5.85. The molecule has 1 fully saturated rings. The molecule has 1 aliphatic rings. The molecule has 1 unspecified atom stereocenters. The van der Waals surface area contributed by atoms with Crippen molar-refractivity contribution < 1.29 is 14.6 Å². The summed E-state index contributed by atoms with van der Waals surface area (Å²) in [5.41, 5.74) is 1.07. The standard InChI is InChI=1S/C17H27N3O3/c1-3-18-17(22)20-10-8-19(9-11-20)12-15(21)13-23-16-7-5-4-6-14(16)2/h4-7,15,21H,3,8-13H2,1-2H3,(H,18,22). The molecule has 0 radical (unpaired) electrons. The van der Waals surface area contributed by atoms with Crippen molar-refractivity contribution in [3.63, 3.8) is 0 Å². The van der Waals surface area contributed by atoms with Gasteiger partial charge in [0.05, 0.1) is 0 Å². The molecular formula is C17H27N3O3. The number of piperazine rings is 1. The Hall–Kier alpha value is -1.79. The molecule has 1 atom stereocenters. The van der Waals surface area contributed by atoms with E-state index >= 15 is 0 Å². The van der Waals surface area contributed by atoms with E-state index in [1.165, 1.54) is 0 Å². The number of hydrogen-bond acceptors (Lipinski definition) is 4. The molecule has 1 heterocycles. The first-order chi connectivity index (χ1) is 11.1. The minimum Gasteiger partial charge on any atom is -0.491 e. The SMILES string of the molecule is CCNC(=O)N1CCN(CC(O)COc2ccccc2C)CC1. The summed E-state index contributed by atoms with van der Waals surface area (Å²) in [5.74, 6) is 0.813. The van der Waals surface area contributed by atoms with Crippen LogP contribution in [0.15, 0.2) is 24.3 Å². The van der Waals surface area contributed by atoms with Crippen molar-refractivity contribution in [3.8, 4) is 5.75 Å². The Labute approximate surface area is 138 Å². The maximum Gasteiger partial charge on any atom is 0.317 e. The van der Waals surface area contributed by atoms with Gasteiger partial charge >= 0.3 is 6.03 Å². The molecule has 23 heavy (non-hydrogen) atoms. The van der Waals surface area contributed by atoms with Crippen molar-refractivity contribution >= 4 is 6.03 Å². The van der Waals surface area contributed by atoms with Crippen LogP contribution in [-0.2, 0) is 0 Å². The molecule has 1 aliphatic heterocycles. The molecular weight excluding hydrogens is 294 g/mol. The number of aryl methyl sites for hydroxylation is 1. The highest BCUT2D eigenvalue weighted by Gasteiger charge is 2.22. The second kappa shape index (κ2) is 8.74. The zero-order valence-corrected chi connectivity index (χ0v) is 14.0. The lowest BCUT2D eigenvalue weighted by molar-refractivity contribution is 0.0514. The number of urea groups is 1. The van der Waals surface area contributed by atoms with Crippen molar-refractivity contribution in [2.75, 3.05) is 45.9 Å². The number of nitrogens with zero attached hydrogens (tertiary/aromatic N) is 2. The smallest absolute Gasteiger partial charge is 0.317 e. The van der Waals surface area contributed by atoms with E-state index in [0.717, 1.165) is 24.4 Å². The minimum absolute atomic E-state index is 0.00409. The summed E-state index contributed by atoms with van der Waals surface area (Å²) >= 11 is 0. The van der Waals surface area contributed by atoms with Crippen LogP contribution in [-0.4, -0.2) is 72.9 Å². The predicted molar refractivity (Wildman–Crippen MR) is 89.8 cm³/mol. The highest BCUT2D eigenvalue weighted by atomic mass is 16.5. The minimum atomic E-state index is -0.536. The van der Waals surface area contributed by atoms with Gasteiger partial charge in [0.1, 0.15) is 18.5 Å². The number of nitrogens with one attached hydrogen (secondary N) is 1. The molecule has 2 N–H and O–H groups in total. The first kappa shape index (κ1) is 17.6. The fourth-order valence-electron chi connectivity index (χ4n) is 2.65. The molecule has 0 aromatic heterocycles. The molecule has 128 valence electrons. The lowest BCUT2D eigenvalue weighted by Gasteiger charge is -2.35. The van der Waals surface area contributed by atoms with E-state index < -0.39 is 6.10 Å². The van der Waals surface area contributed by atoms with Gasteiger partial charge in [0.2, 0.25) is 0 Å². The third-order valence-corrected chi connectivity index (χ3v) is 3.98. The van der Waals surface area contributed by atoms with Crippen LogP contribution in [0.1, 0.15) is 12.5 Å². The Morgan fingerprint density at radius 2 is 2.00 bits per heavy atom. The Morgan fingerprint density at radius 3 is 2.65 bits per heavy atom. The normalized spacial score (nSPS) is 16.9. The van der Waals surface area contributed by atoms with Gasteiger partial charge in [0, 0.05) is 39.3 Å². The lowest BCUT2D eigenvalue weighted by atomic mass is 10.2. The van der Waals surface area contributed by atoms with Crippen LogP contribution >= 0.6 is 0 Å². The third-order valence-electron chi connectivity index (χ3n) is 3.98. The summed E-state index contributed by atoms with van der Waals surface area (Å²) in [6.07, 6.45) is -0.536. The van der Waals surface area contributed by atoms with E-state index in [1.807, 2.05) is 43.0 Å². The molecule has 0 bridgehead atoms. The summed E-state index contributed by atoms with van der Waals surface area (Å²) in [6, 6.07) is 7.79. The Bertz CT molecular complexity index is 502. The van der Waals surface area contributed by atoms with E-state index in [2.05, 4.69) is 10.2 Å². The number of rotatable bonds is 6. The number of aliphatic hydroxyl groups is 1. The Morgan fingerprint density at radius 1 is 1.30 bits per heavy atom. The van der Waals surface area contributed by atoms with Gasteiger partial charge in [0.25, 0.3) is 0 Å². The highest BCUT2D eigenvalue weighted by Crippen LogP contribution is 2.16. The molecule has 2 amide bonds. The number of amides is 2. The molecule has 0 spiro atoms. The number of aliphatic hydroxyl groups excluding tert-OH is 1. The number of carbonyl (C=O) groups is 1. The van der Waals surface area contributed by atoms with Crippen molar-refractivity contribution in [2.45, 2.75) is 20.0 Å². The average Bonchev–Trinajstić information content (AvgIpc) is 2.55. The van der Waals surface area contributed by atoms with Gasteiger partial charge in [-0.25, -0.2) is 4.79 Å². The molecule has 0 saturated carbocycles. The van der Waals surface area contributed by atoms with Gasteiger partial charge in [-0.3, -0.25) is 4.90 Å². The van der Waals surface area contributed by atoms with E-state index in [-0.39, 0.29) is 12.6 Å². The Kier molecular flexibility index (Phi) is 6.67. The van der Waals surface area contributed by atoms with E-state index in [0.29, 0.717) is 26.2 Å². The fourth-order valence-corrected chi connectivity index (χ4v) is 2.65. The molecule has 2 rings (SSSR count). The number of β-amino-alcohol motifs (C(OH)–C–C–N with tert-alkyl or cyclic N) is 1. The average molecular weight is 321 g/mol. The summed E-state index contributed by atoms with van der Waals surface area (Å²) < 4.78 is 5.68. The molecule has 1 aromatic rings. The molecule has 1 aromatic carbocycles. The number of para-hydroxylation sites is 1. The third kappa shape index (κ3) is 5.41. The first-order valence-corrected chi connectivity index (χ1v) is 8.21. The number of hydrogen-bond donors (Lipinski definition) is 2. The monoisotopic (exact) mass is 321 g/mol. The van der Waals surface area contributed by atoms with Crippen LogP contribution in [0.5, 0.6) is 5.75 Å². The summed E-state index contributed by atoms with van der Waals surface area (Å²) in [5, 5.41) is 13.0. The lowest BCUT2D eigenvalue weighted by Crippen LogP contribution is -2.53. The van der Waals surface area contributed by atoms with Crippen molar-refractivity contribution in [1.82, 2.24) is 15.1 Å². The van der Waals surface area contributed by atoms with Crippen molar-refractivity contribution in [1.29, 1.82) is 0 Å². The largest absolute Gasteiger partial charge is 0.491 e. The molecule has 1 saturated heterocycles. The van der Waals surface area contributed by atoms with Crippen LogP contribution in [0.4, 0.5) is 4.79 Å². The van der Waals surface area contributed by atoms with Gasteiger partial charge in [-0.05, 0) is 25.5 Å². The van der Waals surface area contributed by atoms with Crippen LogP contribution in [0.25, 0.3) is 0 Å². The van der Waals surface area contributed by atoms with Gasteiger partial charge < -0.3 is 20.1 Å². The van der Waals surface area contributed by atoms with E-state index in [1.54, 1.807) is 0 Å². The maximum absolute atomic E-state index is 11.7. The first-order valence-electron chi connectivity index (χ1n) is 8.21. The fraction of sp³-hybridized carbons (Fsp3) is 0.588. The Balaban J connectivity index is 1.69. The van der Waals surface area contributed by atoms with Gasteiger partial charge in [-0.15, -0.1) is 0 Å². The van der Waals surface area contributed by atoms with Crippen LogP contribution < -0.4 is 10.1 Å². The van der Waals surface area contributed by atoms with Crippen molar-refractivity contribution in [2.24, 2.45) is 0 Å². The second-order valence-electron chi connectivity index (χ2n) is 5.85. The van der Waals surface area contributed by atoms with Crippen LogP contribution in [0.2, 0.25) is 0 Å². The van der Waals surface area contributed by atoms with Gasteiger partial charge in [-0.1, -0.05) is 18.2 Å². The quantitative estimate of drug-likeness (QED) is 0.823. The summed E-state index contributed by atoms with van der Waals surface area (Å²) in [7, 11) is 0. The zero-order chi connectivity index (χ0) is 16.7. The van der Waals surface area contributed by atoms with E-state index in [9.17, 15) is 9.90 Å². The van der Waals surface area contributed by atoms with Crippen LogP contribution in [0.3, 0.4) is 0 Å². The summed E-state index contributed by atoms with van der Waals surface area (Å²) in [4.78, 5) is 15.7. The molecule has 6 nitrogen and oxygen atoms in total.